The highest BCUT2D eigenvalue weighted by Gasteiger charge is 2.28. The van der Waals surface area contributed by atoms with Crippen LogP contribution in [0.5, 0.6) is 0 Å². The molecule has 146 valence electrons. The van der Waals surface area contributed by atoms with E-state index in [0.29, 0.717) is 37.0 Å². The van der Waals surface area contributed by atoms with Crippen LogP contribution in [-0.4, -0.2) is 43.6 Å². The lowest BCUT2D eigenvalue weighted by atomic mass is 9.96. The van der Waals surface area contributed by atoms with Gasteiger partial charge in [0, 0.05) is 36.9 Å². The highest BCUT2D eigenvalue weighted by molar-refractivity contribution is 5.83. The molecule has 4 aromatic rings. The highest BCUT2D eigenvalue weighted by Crippen LogP contribution is 2.28. The van der Waals surface area contributed by atoms with E-state index in [1.807, 2.05) is 58.1 Å². The minimum absolute atomic E-state index is 0.143. The van der Waals surface area contributed by atoms with Crippen molar-refractivity contribution in [3.8, 4) is 11.5 Å². The van der Waals surface area contributed by atoms with E-state index in [1.54, 1.807) is 6.20 Å². The van der Waals surface area contributed by atoms with Gasteiger partial charge in [-0.15, -0.1) is 0 Å². The summed E-state index contributed by atoms with van der Waals surface area (Å²) < 4.78 is 7.49. The Morgan fingerprint density at radius 2 is 1.90 bits per heavy atom. The number of nitrogens with zero attached hydrogens (tertiary/aromatic N) is 5. The second-order valence-electron chi connectivity index (χ2n) is 7.33. The maximum absolute atomic E-state index is 12.8. The van der Waals surface area contributed by atoms with Crippen LogP contribution in [0.15, 0.2) is 65.4 Å². The van der Waals surface area contributed by atoms with Crippen LogP contribution >= 0.6 is 0 Å². The Morgan fingerprint density at radius 1 is 1.07 bits per heavy atom. The van der Waals surface area contributed by atoms with E-state index >= 15 is 0 Å². The second kappa shape index (κ2) is 7.50. The van der Waals surface area contributed by atoms with Crippen molar-refractivity contribution in [2.24, 2.45) is 0 Å². The summed E-state index contributed by atoms with van der Waals surface area (Å²) in [4.78, 5) is 23.5. The van der Waals surface area contributed by atoms with E-state index in [2.05, 4.69) is 21.2 Å². The summed E-state index contributed by atoms with van der Waals surface area (Å²) in [6.45, 7) is 1.76. The average molecular weight is 387 g/mol. The highest BCUT2D eigenvalue weighted by atomic mass is 16.5. The molecule has 0 saturated carbocycles. The molecule has 0 unspecified atom stereocenters. The van der Waals surface area contributed by atoms with Crippen LogP contribution in [0.1, 0.15) is 24.7 Å². The van der Waals surface area contributed by atoms with E-state index in [9.17, 15) is 4.79 Å². The topological polar surface area (TPSA) is 77.1 Å². The minimum Gasteiger partial charge on any atom is -0.341 e. The predicted octanol–water partition coefficient (Wildman–Crippen LogP) is 3.49. The molecular weight excluding hydrogens is 366 g/mol. The summed E-state index contributed by atoms with van der Waals surface area (Å²) in [6, 6.07) is 15.8. The number of aromatic nitrogens is 4. The van der Waals surface area contributed by atoms with Crippen LogP contribution in [0, 0.1) is 0 Å². The quantitative estimate of drug-likeness (QED) is 0.536. The molecule has 1 aliphatic rings. The third-order valence-corrected chi connectivity index (χ3v) is 5.52. The number of benzene rings is 1. The number of carbonyl (C=O) groups is 1. The van der Waals surface area contributed by atoms with Gasteiger partial charge in [0.1, 0.15) is 12.2 Å². The molecule has 0 radical (unpaired) electrons. The van der Waals surface area contributed by atoms with E-state index in [1.165, 1.54) is 0 Å². The largest absolute Gasteiger partial charge is 0.341 e. The van der Waals surface area contributed by atoms with Crippen molar-refractivity contribution in [3.63, 3.8) is 0 Å². The predicted molar refractivity (Wildman–Crippen MR) is 108 cm³/mol. The van der Waals surface area contributed by atoms with Crippen molar-refractivity contribution in [1.29, 1.82) is 0 Å². The number of likely N-dealkylation sites (tertiary alicyclic amines) is 1. The molecule has 0 bridgehead atoms. The number of carbonyl (C=O) groups excluding carboxylic acids is 1. The second-order valence-corrected chi connectivity index (χ2v) is 7.33. The van der Waals surface area contributed by atoms with Gasteiger partial charge in [0.25, 0.3) is 0 Å². The zero-order chi connectivity index (χ0) is 19.6. The third kappa shape index (κ3) is 3.51. The van der Waals surface area contributed by atoms with Crippen LogP contribution in [0.3, 0.4) is 0 Å². The molecule has 7 heteroatoms. The number of para-hydroxylation sites is 1. The Labute approximate surface area is 168 Å². The fourth-order valence-electron chi connectivity index (χ4n) is 3.90. The molecule has 0 spiro atoms. The maximum atomic E-state index is 12.8. The van der Waals surface area contributed by atoms with Crippen LogP contribution in [0.2, 0.25) is 0 Å². The summed E-state index contributed by atoms with van der Waals surface area (Å²) in [5.41, 5.74) is 1.79. The third-order valence-electron chi connectivity index (χ3n) is 5.52. The van der Waals surface area contributed by atoms with Crippen LogP contribution in [0.4, 0.5) is 0 Å². The normalized spacial score (nSPS) is 15.1. The van der Waals surface area contributed by atoms with Crippen LogP contribution in [0.25, 0.3) is 22.4 Å². The fourth-order valence-corrected chi connectivity index (χ4v) is 3.90. The smallest absolute Gasteiger partial charge is 0.242 e. The first kappa shape index (κ1) is 17.6. The first-order valence-corrected chi connectivity index (χ1v) is 9.84. The lowest BCUT2D eigenvalue weighted by Gasteiger charge is -2.30. The van der Waals surface area contributed by atoms with E-state index in [0.717, 1.165) is 23.7 Å². The summed E-state index contributed by atoms with van der Waals surface area (Å²) in [5, 5.41) is 5.21. The molecule has 0 N–H and O–H groups in total. The standard InChI is InChI=1S/C22H21N5O2/c28-20(15-27-14-8-16-5-1-2-7-19(16)27)26-12-9-17(10-13-26)22-24-21(25-29-22)18-6-3-4-11-23-18/h1-8,11,14,17H,9-10,12-13,15H2. The number of hydrogen-bond acceptors (Lipinski definition) is 5. The zero-order valence-electron chi connectivity index (χ0n) is 15.9. The lowest BCUT2D eigenvalue weighted by Crippen LogP contribution is -2.39. The first-order chi connectivity index (χ1) is 14.3. The number of piperidine rings is 1. The molecule has 7 nitrogen and oxygen atoms in total. The number of amides is 1. The van der Waals surface area contributed by atoms with Crippen molar-refractivity contribution >= 4 is 16.8 Å². The molecule has 1 saturated heterocycles. The monoisotopic (exact) mass is 387 g/mol. The van der Waals surface area contributed by atoms with Gasteiger partial charge in [-0.2, -0.15) is 4.98 Å². The lowest BCUT2D eigenvalue weighted by molar-refractivity contribution is -0.132. The summed E-state index contributed by atoms with van der Waals surface area (Å²) >= 11 is 0. The van der Waals surface area contributed by atoms with Gasteiger partial charge in [-0.05, 0) is 42.5 Å². The molecule has 0 atom stereocenters. The van der Waals surface area contributed by atoms with Gasteiger partial charge in [0.05, 0.1) is 0 Å². The number of rotatable bonds is 4. The van der Waals surface area contributed by atoms with Crippen LogP contribution < -0.4 is 0 Å². The van der Waals surface area contributed by atoms with Gasteiger partial charge in [-0.3, -0.25) is 9.78 Å². The molecule has 29 heavy (non-hydrogen) atoms. The van der Waals surface area contributed by atoms with E-state index in [-0.39, 0.29) is 11.8 Å². The Hall–Kier alpha value is -3.48. The molecule has 5 rings (SSSR count). The summed E-state index contributed by atoms with van der Waals surface area (Å²) in [7, 11) is 0. The molecule has 1 fully saturated rings. The molecular formula is C22H21N5O2. The van der Waals surface area contributed by atoms with Gasteiger partial charge in [0.15, 0.2) is 0 Å². The van der Waals surface area contributed by atoms with Gasteiger partial charge in [0.2, 0.25) is 17.6 Å². The molecule has 3 aromatic heterocycles. The summed E-state index contributed by atoms with van der Waals surface area (Å²) in [5.74, 6) is 1.47. The summed E-state index contributed by atoms with van der Waals surface area (Å²) in [6.07, 6.45) is 5.33. The van der Waals surface area contributed by atoms with Crippen molar-refractivity contribution in [2.75, 3.05) is 13.1 Å². The van der Waals surface area contributed by atoms with Crippen molar-refractivity contribution in [3.05, 3.63) is 66.8 Å². The number of fused-ring (bicyclic) bond motifs is 1. The molecule has 1 aliphatic heterocycles. The zero-order valence-corrected chi connectivity index (χ0v) is 15.9. The van der Waals surface area contributed by atoms with E-state index in [4.69, 9.17) is 4.52 Å². The molecule has 0 aliphatic carbocycles. The van der Waals surface area contributed by atoms with Crippen LogP contribution in [-0.2, 0) is 11.3 Å². The molecule has 4 heterocycles. The Kier molecular flexibility index (Phi) is 4.56. The SMILES string of the molecule is O=C(Cn1ccc2ccccc21)N1CCC(c2nc(-c3ccccn3)no2)CC1. The van der Waals surface area contributed by atoms with Gasteiger partial charge < -0.3 is 14.0 Å². The first-order valence-electron chi connectivity index (χ1n) is 9.84. The van der Waals surface area contributed by atoms with Gasteiger partial charge in [-0.25, -0.2) is 0 Å². The minimum atomic E-state index is 0.143. The number of hydrogen-bond donors (Lipinski definition) is 0. The van der Waals surface area contributed by atoms with Crippen molar-refractivity contribution in [2.45, 2.75) is 25.3 Å². The Balaban J connectivity index is 1.21. The molecule has 1 amide bonds. The average Bonchev–Trinajstić information content (AvgIpc) is 3.43. The van der Waals surface area contributed by atoms with Gasteiger partial charge in [-0.1, -0.05) is 29.4 Å². The Bertz CT molecular complexity index is 1130. The Morgan fingerprint density at radius 3 is 2.72 bits per heavy atom. The van der Waals surface area contributed by atoms with Crippen molar-refractivity contribution in [1.82, 2.24) is 24.6 Å². The van der Waals surface area contributed by atoms with E-state index < -0.39 is 0 Å². The fraction of sp³-hybridized carbons (Fsp3) is 0.273. The maximum Gasteiger partial charge on any atom is 0.242 e. The van der Waals surface area contributed by atoms with Gasteiger partial charge >= 0.3 is 0 Å². The van der Waals surface area contributed by atoms with Crippen molar-refractivity contribution < 1.29 is 9.32 Å². The number of pyridine rings is 1. The molecule has 1 aromatic carbocycles.